The van der Waals surface area contributed by atoms with Gasteiger partial charge in [-0.3, -0.25) is 4.90 Å². The van der Waals surface area contributed by atoms with E-state index in [0.717, 1.165) is 25.2 Å². The number of anilines is 1. The second-order valence-corrected chi connectivity index (χ2v) is 6.30. The minimum absolute atomic E-state index is 0.684. The molecular formula is C13H25N5S. The van der Waals surface area contributed by atoms with Crippen LogP contribution in [0.1, 0.15) is 5.69 Å². The van der Waals surface area contributed by atoms with Crippen LogP contribution in [0, 0.1) is 0 Å². The Morgan fingerprint density at radius 2 is 1.84 bits per heavy atom. The quantitative estimate of drug-likeness (QED) is 0.821. The van der Waals surface area contributed by atoms with Crippen LogP contribution in [-0.4, -0.2) is 79.6 Å². The third-order valence-electron chi connectivity index (χ3n) is 3.58. The van der Waals surface area contributed by atoms with Crippen molar-refractivity contribution in [3.63, 3.8) is 0 Å². The molecule has 0 bridgehead atoms. The van der Waals surface area contributed by atoms with Gasteiger partial charge in [0.15, 0.2) is 5.13 Å². The van der Waals surface area contributed by atoms with E-state index in [-0.39, 0.29) is 0 Å². The molecule has 0 aromatic carbocycles. The van der Waals surface area contributed by atoms with E-state index in [0.29, 0.717) is 5.13 Å². The van der Waals surface area contributed by atoms with Crippen LogP contribution in [-0.2, 0) is 6.42 Å². The van der Waals surface area contributed by atoms with Crippen LogP contribution in [0.25, 0.3) is 0 Å². The summed E-state index contributed by atoms with van der Waals surface area (Å²) in [5.41, 5.74) is 6.78. The Balaban J connectivity index is 1.63. The molecule has 2 rings (SSSR count). The number of nitrogen functional groups attached to an aromatic ring is 1. The lowest BCUT2D eigenvalue weighted by Crippen LogP contribution is -2.48. The van der Waals surface area contributed by atoms with Gasteiger partial charge in [-0.05, 0) is 14.1 Å². The zero-order valence-corrected chi connectivity index (χ0v) is 12.8. The monoisotopic (exact) mass is 283 g/mol. The van der Waals surface area contributed by atoms with Crippen molar-refractivity contribution in [3.8, 4) is 0 Å². The van der Waals surface area contributed by atoms with Crippen LogP contribution in [0.5, 0.6) is 0 Å². The molecule has 6 heteroatoms. The molecule has 0 amide bonds. The fourth-order valence-electron chi connectivity index (χ4n) is 2.29. The summed E-state index contributed by atoms with van der Waals surface area (Å²) in [5.74, 6) is 0. The van der Waals surface area contributed by atoms with Gasteiger partial charge in [-0.1, -0.05) is 0 Å². The first-order valence-electron chi connectivity index (χ1n) is 6.93. The second-order valence-electron chi connectivity index (χ2n) is 5.41. The Morgan fingerprint density at radius 1 is 1.21 bits per heavy atom. The molecule has 1 aliphatic heterocycles. The van der Waals surface area contributed by atoms with E-state index in [9.17, 15) is 0 Å². The molecule has 1 aromatic rings. The number of nitrogens with zero attached hydrogens (tertiary/aromatic N) is 4. The summed E-state index contributed by atoms with van der Waals surface area (Å²) in [4.78, 5) is 11.6. The van der Waals surface area contributed by atoms with Gasteiger partial charge in [0.2, 0.25) is 0 Å². The first-order chi connectivity index (χ1) is 9.13. The van der Waals surface area contributed by atoms with E-state index in [4.69, 9.17) is 5.73 Å². The molecule has 1 fully saturated rings. The van der Waals surface area contributed by atoms with Gasteiger partial charge in [0.25, 0.3) is 0 Å². The molecule has 1 aliphatic rings. The minimum atomic E-state index is 0.684. The normalized spacial score (nSPS) is 18.3. The van der Waals surface area contributed by atoms with Crippen molar-refractivity contribution < 1.29 is 0 Å². The van der Waals surface area contributed by atoms with Crippen LogP contribution < -0.4 is 5.73 Å². The fourth-order valence-corrected chi connectivity index (χ4v) is 2.89. The first kappa shape index (κ1) is 14.7. The largest absolute Gasteiger partial charge is 0.375 e. The zero-order chi connectivity index (χ0) is 13.7. The first-order valence-corrected chi connectivity index (χ1v) is 7.81. The van der Waals surface area contributed by atoms with Crippen molar-refractivity contribution in [3.05, 3.63) is 11.1 Å². The van der Waals surface area contributed by atoms with Gasteiger partial charge in [0, 0.05) is 57.6 Å². The number of hydrogen-bond acceptors (Lipinski definition) is 6. The second kappa shape index (κ2) is 7.19. The highest BCUT2D eigenvalue weighted by atomic mass is 32.1. The van der Waals surface area contributed by atoms with Gasteiger partial charge in [-0.25, -0.2) is 4.98 Å². The molecule has 2 heterocycles. The molecule has 0 aliphatic carbocycles. The van der Waals surface area contributed by atoms with Gasteiger partial charge in [-0.2, -0.15) is 0 Å². The number of piperazine rings is 1. The van der Waals surface area contributed by atoms with E-state index >= 15 is 0 Å². The third kappa shape index (κ3) is 5.06. The lowest BCUT2D eigenvalue weighted by Gasteiger charge is -2.35. The maximum absolute atomic E-state index is 5.65. The van der Waals surface area contributed by atoms with Crippen LogP contribution in [0.2, 0.25) is 0 Å². The van der Waals surface area contributed by atoms with Gasteiger partial charge < -0.3 is 15.5 Å². The molecule has 1 aromatic heterocycles. The van der Waals surface area contributed by atoms with E-state index in [1.54, 1.807) is 0 Å². The average Bonchev–Trinajstić information content (AvgIpc) is 2.81. The maximum atomic E-state index is 5.65. The molecule has 0 atom stereocenters. The minimum Gasteiger partial charge on any atom is -0.375 e. The van der Waals surface area contributed by atoms with Gasteiger partial charge >= 0.3 is 0 Å². The number of hydrogen-bond donors (Lipinski definition) is 1. The Hall–Kier alpha value is -0.690. The summed E-state index contributed by atoms with van der Waals surface area (Å²) in [5, 5.41) is 2.76. The Labute approximate surface area is 120 Å². The summed E-state index contributed by atoms with van der Waals surface area (Å²) in [6.07, 6.45) is 1.02. The van der Waals surface area contributed by atoms with Crippen molar-refractivity contribution in [1.29, 1.82) is 0 Å². The summed E-state index contributed by atoms with van der Waals surface area (Å²) in [6, 6.07) is 0. The van der Waals surface area contributed by atoms with Gasteiger partial charge in [-0.15, -0.1) is 11.3 Å². The molecule has 0 unspecified atom stereocenters. The average molecular weight is 283 g/mol. The summed E-state index contributed by atoms with van der Waals surface area (Å²) in [7, 11) is 4.27. The van der Waals surface area contributed by atoms with Crippen molar-refractivity contribution >= 4 is 16.5 Å². The van der Waals surface area contributed by atoms with Crippen molar-refractivity contribution in [1.82, 2.24) is 19.7 Å². The maximum Gasteiger partial charge on any atom is 0.180 e. The van der Waals surface area contributed by atoms with E-state index in [1.807, 2.05) is 0 Å². The highest BCUT2D eigenvalue weighted by Gasteiger charge is 2.16. The van der Waals surface area contributed by atoms with Crippen LogP contribution in [0.4, 0.5) is 5.13 Å². The highest BCUT2D eigenvalue weighted by Crippen LogP contribution is 2.12. The molecule has 5 nitrogen and oxygen atoms in total. The van der Waals surface area contributed by atoms with E-state index in [2.05, 4.69) is 39.2 Å². The predicted octanol–water partition coefficient (Wildman–Crippen LogP) is 0.447. The van der Waals surface area contributed by atoms with Gasteiger partial charge in [0.1, 0.15) is 0 Å². The number of thiazole rings is 1. The molecule has 1 saturated heterocycles. The highest BCUT2D eigenvalue weighted by molar-refractivity contribution is 7.13. The van der Waals surface area contributed by atoms with Crippen molar-refractivity contribution in [2.75, 3.05) is 65.6 Å². The fraction of sp³-hybridized carbons (Fsp3) is 0.769. The number of aromatic nitrogens is 1. The summed E-state index contributed by atoms with van der Waals surface area (Å²) >= 11 is 1.54. The zero-order valence-electron chi connectivity index (χ0n) is 12.0. The Morgan fingerprint density at radius 3 is 2.37 bits per heavy atom. The number of rotatable bonds is 6. The van der Waals surface area contributed by atoms with E-state index < -0.39 is 0 Å². The Kier molecular flexibility index (Phi) is 5.57. The molecule has 0 saturated carbocycles. The smallest absolute Gasteiger partial charge is 0.180 e. The van der Waals surface area contributed by atoms with Crippen LogP contribution in [0.15, 0.2) is 5.38 Å². The lowest BCUT2D eigenvalue weighted by atomic mass is 10.2. The number of nitrogens with two attached hydrogens (primary N) is 1. The number of likely N-dealkylation sites (N-methyl/N-ethyl adjacent to an activating group) is 1. The molecule has 0 spiro atoms. The Bertz CT molecular complexity index is 371. The molecule has 0 radical (unpaired) electrons. The lowest BCUT2D eigenvalue weighted by molar-refractivity contribution is 0.126. The standard InChI is InChI=1S/C13H25N5S/c1-16(2)5-6-18-9-7-17(8-10-18)4-3-12-11-19-13(14)15-12/h11H,3-10H2,1-2H3,(H2,14,15). The molecule has 108 valence electrons. The molecular weight excluding hydrogens is 258 g/mol. The topological polar surface area (TPSA) is 48.6 Å². The van der Waals surface area contributed by atoms with Crippen molar-refractivity contribution in [2.45, 2.75) is 6.42 Å². The van der Waals surface area contributed by atoms with E-state index in [1.165, 1.54) is 44.1 Å². The molecule has 19 heavy (non-hydrogen) atoms. The summed E-state index contributed by atoms with van der Waals surface area (Å²) < 4.78 is 0. The SMILES string of the molecule is CN(C)CCN1CCN(CCc2csc(N)n2)CC1. The van der Waals surface area contributed by atoms with Gasteiger partial charge in [0.05, 0.1) is 5.69 Å². The third-order valence-corrected chi connectivity index (χ3v) is 4.30. The predicted molar refractivity (Wildman–Crippen MR) is 81.7 cm³/mol. The van der Waals surface area contributed by atoms with Crippen molar-refractivity contribution in [2.24, 2.45) is 0 Å². The van der Waals surface area contributed by atoms with Crippen LogP contribution in [0.3, 0.4) is 0 Å². The van der Waals surface area contributed by atoms with Crippen LogP contribution >= 0.6 is 11.3 Å². The summed E-state index contributed by atoms with van der Waals surface area (Å²) in [6.45, 7) is 8.16. The molecule has 2 N–H and O–H groups in total.